The number of aromatic carboxylic acids is 1. The minimum atomic E-state index is -1.20. The standard InChI is InChI=1S/C13H9Cl2FN2O2/c1-6-4-7(16)2-3-9(6)18-11-8(13(19)20)5-17-12(15)10(11)14/h2-5H,1H3,(H,17,18)(H,19,20). The monoisotopic (exact) mass is 314 g/mol. The minimum absolute atomic E-state index is 0.00436. The van der Waals surface area contributed by atoms with Gasteiger partial charge in [0.25, 0.3) is 0 Å². The van der Waals surface area contributed by atoms with Gasteiger partial charge in [-0.2, -0.15) is 0 Å². The maximum absolute atomic E-state index is 13.1. The number of pyridine rings is 1. The van der Waals surface area contributed by atoms with Gasteiger partial charge < -0.3 is 10.4 Å². The number of carboxylic acid groups (broad SMARTS) is 1. The second-order valence-electron chi connectivity index (χ2n) is 4.04. The van der Waals surface area contributed by atoms with E-state index in [2.05, 4.69) is 10.3 Å². The Morgan fingerprint density at radius 3 is 2.70 bits per heavy atom. The van der Waals surface area contributed by atoms with Gasteiger partial charge in [-0.25, -0.2) is 14.2 Å². The lowest BCUT2D eigenvalue weighted by Crippen LogP contribution is -2.05. The van der Waals surface area contributed by atoms with Crippen LogP contribution in [-0.4, -0.2) is 16.1 Å². The van der Waals surface area contributed by atoms with E-state index in [9.17, 15) is 9.18 Å². The molecule has 1 aromatic heterocycles. The third kappa shape index (κ3) is 2.84. The zero-order valence-corrected chi connectivity index (χ0v) is 11.8. The molecule has 0 fully saturated rings. The Morgan fingerprint density at radius 1 is 1.40 bits per heavy atom. The van der Waals surface area contributed by atoms with E-state index in [1.165, 1.54) is 18.2 Å². The third-order valence-electron chi connectivity index (χ3n) is 2.66. The van der Waals surface area contributed by atoms with Crippen LogP contribution in [0.15, 0.2) is 24.4 Å². The number of aromatic nitrogens is 1. The van der Waals surface area contributed by atoms with E-state index in [0.29, 0.717) is 11.3 Å². The molecule has 0 aliphatic rings. The van der Waals surface area contributed by atoms with E-state index in [1.54, 1.807) is 6.92 Å². The van der Waals surface area contributed by atoms with Crippen molar-refractivity contribution in [2.45, 2.75) is 6.92 Å². The predicted molar refractivity (Wildman–Crippen MR) is 75.6 cm³/mol. The van der Waals surface area contributed by atoms with Crippen molar-refractivity contribution in [1.82, 2.24) is 4.98 Å². The first kappa shape index (κ1) is 14.6. The van der Waals surface area contributed by atoms with Crippen molar-refractivity contribution in [3.8, 4) is 0 Å². The van der Waals surface area contributed by atoms with Gasteiger partial charge in [0.1, 0.15) is 21.6 Å². The van der Waals surface area contributed by atoms with Gasteiger partial charge in [0, 0.05) is 11.9 Å². The molecule has 7 heteroatoms. The van der Waals surface area contributed by atoms with E-state index >= 15 is 0 Å². The van der Waals surface area contributed by atoms with Gasteiger partial charge in [-0.15, -0.1) is 0 Å². The van der Waals surface area contributed by atoms with Gasteiger partial charge in [0.15, 0.2) is 0 Å². The van der Waals surface area contributed by atoms with Gasteiger partial charge in [0.05, 0.1) is 5.69 Å². The molecule has 1 aromatic carbocycles. The van der Waals surface area contributed by atoms with Crippen LogP contribution in [0.1, 0.15) is 15.9 Å². The molecule has 0 saturated carbocycles. The summed E-state index contributed by atoms with van der Waals surface area (Å²) in [5.41, 5.74) is 1.13. The smallest absolute Gasteiger partial charge is 0.339 e. The first-order valence-corrected chi connectivity index (χ1v) is 6.26. The number of halogens is 3. The van der Waals surface area contributed by atoms with Gasteiger partial charge in [-0.3, -0.25) is 0 Å². The van der Waals surface area contributed by atoms with Crippen molar-refractivity contribution in [2.24, 2.45) is 0 Å². The van der Waals surface area contributed by atoms with Crippen LogP contribution >= 0.6 is 23.2 Å². The first-order chi connectivity index (χ1) is 9.40. The molecule has 1 heterocycles. The van der Waals surface area contributed by atoms with Crippen molar-refractivity contribution in [3.05, 3.63) is 51.5 Å². The molecule has 2 aromatic rings. The number of hydrogen-bond acceptors (Lipinski definition) is 3. The largest absolute Gasteiger partial charge is 0.478 e. The lowest BCUT2D eigenvalue weighted by molar-refractivity contribution is 0.0697. The van der Waals surface area contributed by atoms with Crippen molar-refractivity contribution >= 4 is 40.5 Å². The van der Waals surface area contributed by atoms with Crippen molar-refractivity contribution in [2.75, 3.05) is 5.32 Å². The third-order valence-corrected chi connectivity index (χ3v) is 3.41. The Labute approximate surface area is 124 Å². The maximum atomic E-state index is 13.1. The summed E-state index contributed by atoms with van der Waals surface area (Å²) in [5, 5.41) is 12.0. The van der Waals surface area contributed by atoms with Crippen molar-refractivity contribution in [1.29, 1.82) is 0 Å². The summed E-state index contributed by atoms with van der Waals surface area (Å²) in [6, 6.07) is 4.06. The van der Waals surface area contributed by atoms with Crippen LogP contribution in [0.3, 0.4) is 0 Å². The van der Waals surface area contributed by atoms with Gasteiger partial charge in [-0.1, -0.05) is 23.2 Å². The zero-order valence-electron chi connectivity index (χ0n) is 10.2. The number of nitrogens with zero attached hydrogens (tertiary/aromatic N) is 1. The average Bonchev–Trinajstić information content (AvgIpc) is 2.37. The van der Waals surface area contributed by atoms with Crippen LogP contribution in [0.2, 0.25) is 10.2 Å². The van der Waals surface area contributed by atoms with E-state index in [4.69, 9.17) is 28.3 Å². The van der Waals surface area contributed by atoms with E-state index in [0.717, 1.165) is 6.20 Å². The molecule has 0 atom stereocenters. The molecule has 104 valence electrons. The molecule has 0 aliphatic heterocycles. The zero-order chi connectivity index (χ0) is 14.9. The number of hydrogen-bond donors (Lipinski definition) is 2. The number of anilines is 2. The van der Waals surface area contributed by atoms with E-state index in [-0.39, 0.29) is 27.2 Å². The summed E-state index contributed by atoms with van der Waals surface area (Å²) < 4.78 is 13.1. The summed E-state index contributed by atoms with van der Waals surface area (Å²) >= 11 is 11.8. The molecule has 0 amide bonds. The molecule has 0 spiro atoms. The second kappa shape index (κ2) is 5.64. The summed E-state index contributed by atoms with van der Waals surface area (Å²) in [7, 11) is 0. The number of carbonyl (C=O) groups is 1. The first-order valence-electron chi connectivity index (χ1n) is 5.50. The quantitative estimate of drug-likeness (QED) is 0.830. The van der Waals surface area contributed by atoms with Gasteiger partial charge >= 0.3 is 5.97 Å². The number of rotatable bonds is 3. The fraction of sp³-hybridized carbons (Fsp3) is 0.0769. The molecule has 2 N–H and O–H groups in total. The Hall–Kier alpha value is -1.85. The lowest BCUT2D eigenvalue weighted by atomic mass is 10.1. The Bertz CT molecular complexity index is 692. The average molecular weight is 315 g/mol. The molecular weight excluding hydrogens is 306 g/mol. The molecule has 20 heavy (non-hydrogen) atoms. The normalized spacial score (nSPS) is 10.4. The predicted octanol–water partition coefficient (Wildman–Crippen LogP) is 4.28. The van der Waals surface area contributed by atoms with Gasteiger partial charge in [0.2, 0.25) is 0 Å². The van der Waals surface area contributed by atoms with Crippen LogP contribution in [0.25, 0.3) is 0 Å². The molecule has 0 saturated heterocycles. The molecule has 4 nitrogen and oxygen atoms in total. The highest BCUT2D eigenvalue weighted by Gasteiger charge is 2.18. The molecule has 0 aliphatic carbocycles. The number of aryl methyl sites for hydroxylation is 1. The number of benzene rings is 1. The van der Waals surface area contributed by atoms with Crippen LogP contribution in [-0.2, 0) is 0 Å². The van der Waals surface area contributed by atoms with Crippen LogP contribution in [0.4, 0.5) is 15.8 Å². The Balaban J connectivity index is 2.52. The second-order valence-corrected chi connectivity index (χ2v) is 4.78. The molecule has 0 bridgehead atoms. The topological polar surface area (TPSA) is 62.2 Å². The van der Waals surface area contributed by atoms with Crippen LogP contribution in [0.5, 0.6) is 0 Å². The van der Waals surface area contributed by atoms with Crippen LogP contribution < -0.4 is 5.32 Å². The SMILES string of the molecule is Cc1cc(F)ccc1Nc1c(C(=O)O)cnc(Cl)c1Cl. The minimum Gasteiger partial charge on any atom is -0.478 e. The van der Waals surface area contributed by atoms with E-state index < -0.39 is 5.97 Å². The Morgan fingerprint density at radius 2 is 2.10 bits per heavy atom. The van der Waals surface area contributed by atoms with Crippen molar-refractivity contribution in [3.63, 3.8) is 0 Å². The number of carboxylic acids is 1. The summed E-state index contributed by atoms with van der Waals surface area (Å²) in [4.78, 5) is 14.9. The highest BCUT2D eigenvalue weighted by atomic mass is 35.5. The highest BCUT2D eigenvalue weighted by molar-refractivity contribution is 6.43. The molecule has 0 radical (unpaired) electrons. The van der Waals surface area contributed by atoms with Crippen LogP contribution in [0, 0.1) is 12.7 Å². The van der Waals surface area contributed by atoms with Crippen molar-refractivity contribution < 1.29 is 14.3 Å². The molecule has 0 unspecified atom stereocenters. The summed E-state index contributed by atoms with van der Waals surface area (Å²) in [6.45, 7) is 1.68. The molecule has 2 rings (SSSR count). The summed E-state index contributed by atoms with van der Waals surface area (Å²) in [6.07, 6.45) is 1.11. The fourth-order valence-corrected chi connectivity index (χ4v) is 1.99. The number of nitrogens with one attached hydrogen (secondary N) is 1. The molecular formula is C13H9Cl2FN2O2. The highest BCUT2D eigenvalue weighted by Crippen LogP contribution is 2.34. The van der Waals surface area contributed by atoms with E-state index in [1.807, 2.05) is 0 Å². The summed E-state index contributed by atoms with van der Waals surface area (Å²) in [5.74, 6) is -1.58. The lowest BCUT2D eigenvalue weighted by Gasteiger charge is -2.14. The Kier molecular flexibility index (Phi) is 4.11. The van der Waals surface area contributed by atoms with Gasteiger partial charge in [-0.05, 0) is 30.7 Å². The maximum Gasteiger partial charge on any atom is 0.339 e. The fourth-order valence-electron chi connectivity index (χ4n) is 1.65.